The summed E-state index contributed by atoms with van der Waals surface area (Å²) < 4.78 is 5.11. The van der Waals surface area contributed by atoms with Crippen molar-refractivity contribution < 1.29 is 19.4 Å². The second-order valence-corrected chi connectivity index (χ2v) is 6.38. The second-order valence-electron chi connectivity index (χ2n) is 6.38. The zero-order valence-corrected chi connectivity index (χ0v) is 14.6. The van der Waals surface area contributed by atoms with Crippen molar-refractivity contribution in [3.8, 4) is 5.75 Å². The maximum absolute atomic E-state index is 13.0. The summed E-state index contributed by atoms with van der Waals surface area (Å²) in [5.41, 5.74) is 2.19. The molecule has 6 nitrogen and oxygen atoms in total. The molecular weight excluding hydrogens is 332 g/mol. The van der Waals surface area contributed by atoms with Gasteiger partial charge in [0.25, 0.3) is 0 Å². The topological polar surface area (TPSA) is 78.9 Å². The summed E-state index contributed by atoms with van der Waals surface area (Å²) >= 11 is 0. The summed E-state index contributed by atoms with van der Waals surface area (Å²) in [7, 11) is 0. The molecule has 1 atom stereocenters. The summed E-state index contributed by atoms with van der Waals surface area (Å²) in [4.78, 5) is 26.6. The summed E-state index contributed by atoms with van der Waals surface area (Å²) in [5, 5.41) is 12.7. The number of hydrogen-bond acceptors (Lipinski definition) is 4. The molecule has 1 saturated heterocycles. The van der Waals surface area contributed by atoms with E-state index in [0.29, 0.717) is 31.7 Å². The number of aryl methyl sites for hydroxylation is 1. The molecule has 6 heteroatoms. The first-order chi connectivity index (χ1) is 12.5. The van der Waals surface area contributed by atoms with Crippen LogP contribution in [0.15, 0.2) is 48.5 Å². The molecule has 136 valence electrons. The lowest BCUT2D eigenvalue weighted by atomic mass is 10.0. The number of cyclic esters (lactones) is 1. The van der Waals surface area contributed by atoms with Crippen LogP contribution in [-0.2, 0) is 16.0 Å². The number of ether oxygens (including phenoxy) is 1. The summed E-state index contributed by atoms with van der Waals surface area (Å²) in [6.45, 7) is 2.70. The Bertz CT molecular complexity index is 792. The highest BCUT2D eigenvalue weighted by Gasteiger charge is 2.33. The van der Waals surface area contributed by atoms with Crippen LogP contribution in [0.25, 0.3) is 0 Å². The van der Waals surface area contributed by atoms with Crippen LogP contribution in [0, 0.1) is 6.92 Å². The maximum atomic E-state index is 13.0. The summed E-state index contributed by atoms with van der Waals surface area (Å²) in [6, 6.07) is 13.8. The molecule has 0 aliphatic carbocycles. The Kier molecular flexibility index (Phi) is 5.41. The van der Waals surface area contributed by atoms with Crippen LogP contribution in [0.5, 0.6) is 5.75 Å². The molecule has 2 amide bonds. The molecule has 26 heavy (non-hydrogen) atoms. The van der Waals surface area contributed by atoms with Gasteiger partial charge in [0.05, 0.1) is 12.3 Å². The Morgan fingerprint density at radius 2 is 2.04 bits per heavy atom. The van der Waals surface area contributed by atoms with E-state index in [2.05, 4.69) is 5.32 Å². The van der Waals surface area contributed by atoms with E-state index in [1.165, 1.54) is 11.0 Å². The van der Waals surface area contributed by atoms with E-state index in [-0.39, 0.29) is 11.7 Å². The molecule has 3 rings (SSSR count). The Labute approximate surface area is 152 Å². The molecule has 1 heterocycles. The summed E-state index contributed by atoms with van der Waals surface area (Å²) in [6.07, 6.45) is 0.565. The number of carbonyl (C=O) groups is 2. The van der Waals surface area contributed by atoms with Gasteiger partial charge in [-0.05, 0) is 36.6 Å². The van der Waals surface area contributed by atoms with Gasteiger partial charge in [-0.15, -0.1) is 0 Å². The predicted molar refractivity (Wildman–Crippen MR) is 98.1 cm³/mol. The van der Waals surface area contributed by atoms with Crippen LogP contribution in [0.1, 0.15) is 17.5 Å². The third-order valence-electron chi connectivity index (χ3n) is 4.36. The van der Waals surface area contributed by atoms with Crippen LogP contribution in [0.3, 0.4) is 0 Å². The highest BCUT2D eigenvalue weighted by molar-refractivity contribution is 5.98. The zero-order valence-electron chi connectivity index (χ0n) is 14.6. The van der Waals surface area contributed by atoms with Gasteiger partial charge in [0, 0.05) is 13.0 Å². The standard InChI is InChI=1S/C20H22N2O4/c1-14-8-9-18(23)16(12-14)21-19(24)17(13-15-6-3-2-4-7-15)22-10-5-11-26-20(22)25/h2-4,6-9,12,17,23H,5,10-11,13H2,1H3,(H,21,24)/t17-/m1/s1. The molecule has 0 spiro atoms. The third-order valence-corrected chi connectivity index (χ3v) is 4.36. The van der Waals surface area contributed by atoms with E-state index < -0.39 is 12.1 Å². The largest absolute Gasteiger partial charge is 0.506 e. The number of aromatic hydroxyl groups is 1. The van der Waals surface area contributed by atoms with E-state index in [0.717, 1.165) is 11.1 Å². The van der Waals surface area contributed by atoms with E-state index >= 15 is 0 Å². The third kappa shape index (κ3) is 4.14. The van der Waals surface area contributed by atoms with Gasteiger partial charge in [-0.3, -0.25) is 9.69 Å². The number of nitrogens with zero attached hydrogens (tertiary/aromatic N) is 1. The molecule has 1 fully saturated rings. The monoisotopic (exact) mass is 354 g/mol. The smallest absolute Gasteiger partial charge is 0.410 e. The van der Waals surface area contributed by atoms with E-state index in [4.69, 9.17) is 4.74 Å². The van der Waals surface area contributed by atoms with E-state index in [9.17, 15) is 14.7 Å². The number of phenols is 1. The lowest BCUT2D eigenvalue weighted by Crippen LogP contribution is -2.51. The number of anilines is 1. The van der Waals surface area contributed by atoms with Crippen molar-refractivity contribution in [1.82, 2.24) is 4.90 Å². The van der Waals surface area contributed by atoms with Crippen LogP contribution >= 0.6 is 0 Å². The Morgan fingerprint density at radius 1 is 1.27 bits per heavy atom. The van der Waals surface area contributed by atoms with Crippen LogP contribution in [-0.4, -0.2) is 41.2 Å². The van der Waals surface area contributed by atoms with Crippen LogP contribution < -0.4 is 5.32 Å². The van der Waals surface area contributed by atoms with Gasteiger partial charge >= 0.3 is 6.09 Å². The average molecular weight is 354 g/mol. The number of rotatable bonds is 5. The van der Waals surface area contributed by atoms with Crippen molar-refractivity contribution >= 4 is 17.7 Å². The van der Waals surface area contributed by atoms with Crippen molar-refractivity contribution in [2.24, 2.45) is 0 Å². The van der Waals surface area contributed by atoms with Crippen molar-refractivity contribution in [3.05, 3.63) is 59.7 Å². The fourth-order valence-corrected chi connectivity index (χ4v) is 3.00. The van der Waals surface area contributed by atoms with Gasteiger partial charge in [0.2, 0.25) is 5.91 Å². The Balaban J connectivity index is 1.85. The zero-order chi connectivity index (χ0) is 18.5. The normalized spacial score (nSPS) is 15.3. The number of amides is 2. The number of hydrogen-bond donors (Lipinski definition) is 2. The lowest BCUT2D eigenvalue weighted by molar-refractivity contribution is -0.121. The van der Waals surface area contributed by atoms with Crippen molar-refractivity contribution in [2.45, 2.75) is 25.8 Å². The number of phenolic OH excluding ortho intramolecular Hbond substituents is 1. The quantitative estimate of drug-likeness (QED) is 0.809. The van der Waals surface area contributed by atoms with E-state index in [1.54, 1.807) is 12.1 Å². The molecular formula is C20H22N2O4. The molecule has 0 bridgehead atoms. The first-order valence-corrected chi connectivity index (χ1v) is 8.62. The predicted octanol–water partition coefficient (Wildman–Crippen LogP) is 3.09. The highest BCUT2D eigenvalue weighted by atomic mass is 16.6. The SMILES string of the molecule is Cc1ccc(O)c(NC(=O)[C@@H](Cc2ccccc2)N2CCCOC2=O)c1. The molecule has 2 aromatic carbocycles. The highest BCUT2D eigenvalue weighted by Crippen LogP contribution is 2.25. The molecule has 2 aromatic rings. The van der Waals surface area contributed by atoms with Gasteiger partial charge in [-0.25, -0.2) is 4.79 Å². The first kappa shape index (κ1) is 17.8. The number of carbonyl (C=O) groups excluding carboxylic acids is 2. The minimum atomic E-state index is -0.717. The minimum absolute atomic E-state index is 0.0105. The molecule has 2 N–H and O–H groups in total. The van der Waals surface area contributed by atoms with Crippen molar-refractivity contribution in [2.75, 3.05) is 18.5 Å². The minimum Gasteiger partial charge on any atom is -0.506 e. The molecule has 1 aliphatic heterocycles. The number of nitrogens with one attached hydrogen (secondary N) is 1. The van der Waals surface area contributed by atoms with Gasteiger partial charge in [0.15, 0.2) is 0 Å². The molecule has 0 saturated carbocycles. The van der Waals surface area contributed by atoms with E-state index in [1.807, 2.05) is 37.3 Å². The van der Waals surface area contributed by atoms with Gasteiger partial charge in [-0.2, -0.15) is 0 Å². The molecule has 0 aromatic heterocycles. The van der Waals surface area contributed by atoms with Gasteiger partial charge < -0.3 is 15.2 Å². The lowest BCUT2D eigenvalue weighted by Gasteiger charge is -2.33. The van der Waals surface area contributed by atoms with Crippen LogP contribution in [0.2, 0.25) is 0 Å². The average Bonchev–Trinajstić information content (AvgIpc) is 2.64. The fraction of sp³-hybridized carbons (Fsp3) is 0.300. The second kappa shape index (κ2) is 7.91. The van der Waals surface area contributed by atoms with Gasteiger partial charge in [0.1, 0.15) is 11.8 Å². The summed E-state index contributed by atoms with van der Waals surface area (Å²) in [5.74, 6) is -0.364. The van der Waals surface area contributed by atoms with Crippen molar-refractivity contribution in [3.63, 3.8) is 0 Å². The maximum Gasteiger partial charge on any atom is 0.410 e. The van der Waals surface area contributed by atoms with Crippen molar-refractivity contribution in [1.29, 1.82) is 0 Å². The van der Waals surface area contributed by atoms with Crippen LogP contribution in [0.4, 0.5) is 10.5 Å². The molecule has 0 unspecified atom stereocenters. The molecule has 0 radical (unpaired) electrons. The Morgan fingerprint density at radius 3 is 2.77 bits per heavy atom. The number of benzene rings is 2. The fourth-order valence-electron chi connectivity index (χ4n) is 3.00. The first-order valence-electron chi connectivity index (χ1n) is 8.62. The Hall–Kier alpha value is -3.02. The van der Waals surface area contributed by atoms with Gasteiger partial charge in [-0.1, -0.05) is 36.4 Å². The molecule has 1 aliphatic rings.